The molecule has 0 aliphatic heterocycles. The van der Waals surface area contributed by atoms with Crippen molar-refractivity contribution in [3.05, 3.63) is 90.3 Å². The van der Waals surface area contributed by atoms with E-state index in [9.17, 15) is 0 Å². The number of hydrogen-bond donors (Lipinski definition) is 0. The van der Waals surface area contributed by atoms with Crippen LogP contribution in [0.15, 0.2) is 84.9 Å². The molecule has 0 N–H and O–H groups in total. The van der Waals surface area contributed by atoms with Crippen LogP contribution in [0.2, 0.25) is 0 Å². The molecule has 0 aromatic heterocycles. The van der Waals surface area contributed by atoms with E-state index >= 15 is 0 Å². The molecule has 124 valence electrons. The summed E-state index contributed by atoms with van der Waals surface area (Å²) in [6.07, 6.45) is 0. The monoisotopic (exact) mass is 427 g/mol. The predicted octanol–water partition coefficient (Wildman–Crippen LogP) is 6.00. The molecule has 0 saturated carbocycles. The van der Waals surface area contributed by atoms with E-state index in [4.69, 9.17) is 11.6 Å². The fourth-order valence-corrected chi connectivity index (χ4v) is 2.14. The van der Waals surface area contributed by atoms with Crippen LogP contribution in [-0.4, -0.2) is 6.88 Å². The van der Waals surface area contributed by atoms with Crippen LogP contribution in [0.5, 0.6) is 0 Å². The largest absolute Gasteiger partial charge is 0.168 e. The molecule has 0 fully saturated rings. The third-order valence-corrected chi connectivity index (χ3v) is 3.10. The molecule has 24 heavy (non-hydrogen) atoms. The van der Waals surface area contributed by atoms with E-state index in [1.807, 2.05) is 20.7 Å². The predicted molar refractivity (Wildman–Crippen MR) is 108 cm³/mol. The molecule has 4 aromatic carbocycles. The maximum atomic E-state index is 5.19. The Hall–Kier alpha value is -0.950. The van der Waals surface area contributed by atoms with Gasteiger partial charge in [0.05, 0.1) is 0 Å². The van der Waals surface area contributed by atoms with E-state index in [2.05, 4.69) is 84.9 Å². The molecule has 4 rings (SSSR count). The fraction of sp³-hybridized carbons (Fsp3) is 0.0952. The summed E-state index contributed by atoms with van der Waals surface area (Å²) in [5.41, 5.74) is 0. The van der Waals surface area contributed by atoms with E-state index in [-0.39, 0.29) is 0 Å². The van der Waals surface area contributed by atoms with Crippen molar-refractivity contribution in [1.82, 2.24) is 0 Å². The molecule has 0 aliphatic rings. The molecule has 0 bridgehead atoms. The number of benzene rings is 2. The van der Waals surface area contributed by atoms with E-state index in [1.165, 1.54) is 21.5 Å². The minimum atomic E-state index is 0.889. The maximum absolute atomic E-state index is 5.19. The summed E-state index contributed by atoms with van der Waals surface area (Å²) in [6.45, 7) is 5.65. The zero-order valence-electron chi connectivity index (χ0n) is 14.2. The molecule has 4 aromatic rings. The van der Waals surface area contributed by atoms with Crippen LogP contribution >= 0.6 is 11.6 Å². The van der Waals surface area contributed by atoms with Gasteiger partial charge in [0.25, 0.3) is 0 Å². The van der Waals surface area contributed by atoms with Crippen molar-refractivity contribution in [1.29, 1.82) is 0 Å². The first-order chi connectivity index (χ1) is 11.7. The molecular weight excluding hydrogens is 407 g/mol. The van der Waals surface area contributed by atoms with Crippen molar-refractivity contribution < 1.29 is 23.3 Å². The van der Waals surface area contributed by atoms with Crippen LogP contribution in [0.3, 0.4) is 0 Å². The second-order valence-electron chi connectivity index (χ2n) is 5.19. The van der Waals surface area contributed by atoms with E-state index in [1.54, 1.807) is 23.3 Å². The van der Waals surface area contributed by atoms with Crippen LogP contribution < -0.4 is 0 Å². The Bertz CT molecular complexity index is 687. The van der Waals surface area contributed by atoms with Crippen LogP contribution in [0, 0.1) is 5.38 Å². The van der Waals surface area contributed by atoms with Gasteiger partial charge in [0.2, 0.25) is 0 Å². The molecular formula is C21H22ClSiZr-3. The number of rotatable bonds is 0. The van der Waals surface area contributed by atoms with Gasteiger partial charge in [0, 0.05) is 0 Å². The van der Waals surface area contributed by atoms with Crippen molar-refractivity contribution in [2.75, 3.05) is 0 Å². The first kappa shape index (κ1) is 21.1. The number of halogens is 1. The summed E-state index contributed by atoms with van der Waals surface area (Å²) in [7, 11) is 0. The average molecular weight is 429 g/mol. The van der Waals surface area contributed by atoms with Gasteiger partial charge in [0.1, 0.15) is 0 Å². The Morgan fingerprint density at radius 1 is 0.750 bits per heavy atom. The minimum absolute atomic E-state index is 0.889. The third kappa shape index (κ3) is 7.75. The van der Waals surface area contributed by atoms with Crippen molar-refractivity contribution in [2.24, 2.45) is 0 Å². The normalized spacial score (nSPS) is 9.29. The average Bonchev–Trinajstić information content (AvgIpc) is 3.26. The van der Waals surface area contributed by atoms with E-state index in [0.717, 1.165) is 5.38 Å². The molecule has 0 aliphatic carbocycles. The second kappa shape index (κ2) is 12.4. The Morgan fingerprint density at radius 2 is 1.08 bits per heavy atom. The Morgan fingerprint density at radius 3 is 1.42 bits per heavy atom. The van der Waals surface area contributed by atoms with Crippen LogP contribution in [-0.2, 0) is 23.3 Å². The summed E-state index contributed by atoms with van der Waals surface area (Å²) < 4.78 is 0. The Balaban J connectivity index is 0.000000183. The third-order valence-electron chi connectivity index (χ3n) is 3.10. The van der Waals surface area contributed by atoms with Gasteiger partial charge in [-0.05, 0) is 0 Å². The fourth-order valence-electron chi connectivity index (χ4n) is 2.14. The second-order valence-corrected chi connectivity index (χ2v) is 5.94. The summed E-state index contributed by atoms with van der Waals surface area (Å²) in [5.74, 6) is 0. The van der Waals surface area contributed by atoms with Gasteiger partial charge in [-0.3, -0.25) is 0 Å². The molecule has 0 unspecified atom stereocenters. The zero-order chi connectivity index (χ0) is 17.8. The molecule has 3 heteroatoms. The zero-order valence-corrected chi connectivity index (χ0v) is 18.8. The van der Waals surface area contributed by atoms with Gasteiger partial charge in [-0.15, -0.1) is 59.3 Å². The summed E-state index contributed by atoms with van der Waals surface area (Å²) in [4.78, 5) is 0. The van der Waals surface area contributed by atoms with Gasteiger partial charge in [-0.25, -0.2) is 5.38 Å². The number of hydrogen-bond acceptors (Lipinski definition) is 0. The van der Waals surface area contributed by atoms with Crippen LogP contribution in [0.4, 0.5) is 0 Å². The molecule has 0 heterocycles. The molecule has 0 nitrogen and oxygen atoms in total. The SMILES string of the molecule is C[C-](C)Cl.[SiH2]=[Zr].c1ccc2[cH-]ccc2c1.c1ccc2[cH-]ccc2c1. The molecule has 0 saturated heterocycles. The van der Waals surface area contributed by atoms with Crippen molar-refractivity contribution >= 4 is 40.0 Å². The van der Waals surface area contributed by atoms with Gasteiger partial charge >= 0.3 is 30.2 Å². The van der Waals surface area contributed by atoms with Crippen molar-refractivity contribution in [2.45, 2.75) is 13.8 Å². The Kier molecular flexibility index (Phi) is 10.9. The Labute approximate surface area is 166 Å². The van der Waals surface area contributed by atoms with E-state index in [0.29, 0.717) is 0 Å². The van der Waals surface area contributed by atoms with Crippen molar-refractivity contribution in [3.63, 3.8) is 0 Å². The first-order valence-corrected chi connectivity index (χ1v) is 14.0. The molecule has 0 atom stereocenters. The van der Waals surface area contributed by atoms with Crippen LogP contribution in [0.1, 0.15) is 13.8 Å². The standard InChI is InChI=1S/2C9H7.C3H6Cl.H2Si.Zr/c2*1-2-5-9-7-3-6-8(9)4-1;1-3(2)4;;/h2*1-7H;1-2H3;1H2;/q3*-1;;. The summed E-state index contributed by atoms with van der Waals surface area (Å²) >= 11 is 6.77. The molecule has 0 radical (unpaired) electrons. The molecule has 0 amide bonds. The quantitative estimate of drug-likeness (QED) is 0.238. The smallest absolute Gasteiger partial charge is 0.0809 e. The first-order valence-electron chi connectivity index (χ1n) is 7.69. The topological polar surface area (TPSA) is 0 Å². The minimum Gasteiger partial charge on any atom is -0.168 e. The maximum Gasteiger partial charge on any atom is -0.0809 e. The van der Waals surface area contributed by atoms with Gasteiger partial charge in [-0.1, -0.05) is 12.1 Å². The molecule has 0 spiro atoms. The van der Waals surface area contributed by atoms with Crippen LogP contribution in [0.25, 0.3) is 21.5 Å². The van der Waals surface area contributed by atoms with Crippen molar-refractivity contribution in [3.8, 4) is 0 Å². The number of fused-ring (bicyclic) bond motifs is 2. The van der Waals surface area contributed by atoms with Gasteiger partial charge in [-0.2, -0.15) is 48.9 Å². The van der Waals surface area contributed by atoms with Gasteiger partial charge < -0.3 is 11.6 Å². The summed E-state index contributed by atoms with van der Waals surface area (Å²) in [5, 5.41) is 6.21. The van der Waals surface area contributed by atoms with Gasteiger partial charge in [0.15, 0.2) is 0 Å². The van der Waals surface area contributed by atoms with E-state index < -0.39 is 0 Å². The summed E-state index contributed by atoms with van der Waals surface area (Å²) in [6, 6.07) is 29.3.